The number of carbonyl (C=O) groups excluding carboxylic acids is 1. The van der Waals surface area contributed by atoms with Gasteiger partial charge in [0.25, 0.3) is 5.91 Å². The molecule has 2 aromatic carbocycles. The van der Waals surface area contributed by atoms with E-state index in [4.69, 9.17) is 0 Å². The molecule has 0 heterocycles. The Labute approximate surface area is 145 Å². The summed E-state index contributed by atoms with van der Waals surface area (Å²) >= 11 is 0. The number of benzene rings is 2. The van der Waals surface area contributed by atoms with Crippen LogP contribution in [-0.4, -0.2) is 31.4 Å². The molecule has 124 valence electrons. The van der Waals surface area contributed by atoms with Crippen LogP contribution in [0, 0.1) is 13.8 Å². The molecule has 1 unspecified atom stereocenters. The zero-order valence-corrected chi connectivity index (χ0v) is 15.0. The van der Waals surface area contributed by atoms with Crippen LogP contribution in [-0.2, 0) is 0 Å². The number of amides is 1. The van der Waals surface area contributed by atoms with Gasteiger partial charge in [0.05, 0.1) is 6.04 Å². The van der Waals surface area contributed by atoms with Gasteiger partial charge in [0, 0.05) is 12.1 Å². The SMILES string of the molecule is Cc1ccc(C(CNC(=O)c2cccc(C)c2)N(C)C)cc1.Cl. The molecule has 0 bridgehead atoms. The normalized spacial score (nSPS) is 11.7. The molecule has 3 nitrogen and oxygen atoms in total. The fourth-order valence-corrected chi connectivity index (χ4v) is 2.46. The Balaban J connectivity index is 0.00000264. The summed E-state index contributed by atoms with van der Waals surface area (Å²) in [5.74, 6) is -0.0253. The predicted octanol–water partition coefficient (Wildman–Crippen LogP) is 3.76. The maximum Gasteiger partial charge on any atom is 0.251 e. The lowest BCUT2D eigenvalue weighted by molar-refractivity contribution is 0.0942. The average Bonchev–Trinajstić information content (AvgIpc) is 2.48. The largest absolute Gasteiger partial charge is 0.350 e. The highest BCUT2D eigenvalue weighted by atomic mass is 35.5. The van der Waals surface area contributed by atoms with Crippen molar-refractivity contribution >= 4 is 18.3 Å². The van der Waals surface area contributed by atoms with Gasteiger partial charge in [-0.25, -0.2) is 0 Å². The molecular weight excluding hydrogens is 308 g/mol. The van der Waals surface area contributed by atoms with E-state index < -0.39 is 0 Å². The number of hydrogen-bond acceptors (Lipinski definition) is 2. The van der Waals surface area contributed by atoms with E-state index in [0.717, 1.165) is 5.56 Å². The highest BCUT2D eigenvalue weighted by Gasteiger charge is 2.15. The molecule has 0 aromatic heterocycles. The molecule has 2 rings (SSSR count). The summed E-state index contributed by atoms with van der Waals surface area (Å²) in [6.45, 7) is 4.66. The van der Waals surface area contributed by atoms with E-state index >= 15 is 0 Å². The van der Waals surface area contributed by atoms with E-state index in [1.165, 1.54) is 11.1 Å². The van der Waals surface area contributed by atoms with Crippen molar-refractivity contribution in [2.24, 2.45) is 0 Å². The second-order valence-electron chi connectivity index (χ2n) is 5.97. The van der Waals surface area contributed by atoms with E-state index in [1.807, 2.05) is 45.3 Å². The monoisotopic (exact) mass is 332 g/mol. The van der Waals surface area contributed by atoms with Crippen molar-refractivity contribution in [3.8, 4) is 0 Å². The lowest BCUT2D eigenvalue weighted by atomic mass is 10.0. The summed E-state index contributed by atoms with van der Waals surface area (Å²) in [4.78, 5) is 14.4. The second kappa shape index (κ2) is 8.70. The van der Waals surface area contributed by atoms with Gasteiger partial charge in [0.2, 0.25) is 0 Å². The molecule has 0 fully saturated rings. The van der Waals surface area contributed by atoms with Crippen molar-refractivity contribution in [3.05, 3.63) is 70.8 Å². The number of nitrogens with zero attached hydrogens (tertiary/aromatic N) is 1. The van der Waals surface area contributed by atoms with E-state index in [2.05, 4.69) is 41.4 Å². The minimum atomic E-state index is -0.0253. The van der Waals surface area contributed by atoms with Gasteiger partial charge >= 0.3 is 0 Å². The van der Waals surface area contributed by atoms with E-state index in [9.17, 15) is 4.79 Å². The standard InChI is InChI=1S/C19H24N2O.ClH/c1-14-8-10-16(11-9-14)18(21(3)4)13-20-19(22)17-7-5-6-15(2)12-17;/h5-12,18H,13H2,1-4H3,(H,20,22);1H. The van der Waals surface area contributed by atoms with Crippen molar-refractivity contribution in [1.29, 1.82) is 0 Å². The Kier molecular flexibility index (Phi) is 7.27. The summed E-state index contributed by atoms with van der Waals surface area (Å²) in [6.07, 6.45) is 0. The minimum Gasteiger partial charge on any atom is -0.350 e. The van der Waals surface area contributed by atoms with Crippen LogP contribution in [0.4, 0.5) is 0 Å². The number of carbonyl (C=O) groups is 1. The van der Waals surface area contributed by atoms with Gasteiger partial charge in [-0.15, -0.1) is 12.4 Å². The van der Waals surface area contributed by atoms with Gasteiger partial charge in [0.15, 0.2) is 0 Å². The Hall–Kier alpha value is -1.84. The minimum absolute atomic E-state index is 0. The maximum absolute atomic E-state index is 12.3. The molecule has 0 saturated carbocycles. The van der Waals surface area contributed by atoms with Crippen LogP contribution in [0.5, 0.6) is 0 Å². The molecular formula is C19H25ClN2O. The Morgan fingerprint density at radius 3 is 2.26 bits per heavy atom. The molecule has 0 spiro atoms. The molecule has 0 radical (unpaired) electrons. The molecule has 1 atom stereocenters. The van der Waals surface area contributed by atoms with Crippen LogP contribution < -0.4 is 5.32 Å². The topological polar surface area (TPSA) is 32.3 Å². The quantitative estimate of drug-likeness (QED) is 0.904. The van der Waals surface area contributed by atoms with Gasteiger partial charge in [-0.2, -0.15) is 0 Å². The zero-order chi connectivity index (χ0) is 16.1. The van der Waals surface area contributed by atoms with Crippen LogP contribution >= 0.6 is 12.4 Å². The number of hydrogen-bond donors (Lipinski definition) is 1. The summed E-state index contributed by atoms with van der Waals surface area (Å²) in [7, 11) is 4.06. The second-order valence-corrected chi connectivity index (χ2v) is 5.97. The predicted molar refractivity (Wildman–Crippen MR) is 98.4 cm³/mol. The molecule has 0 aliphatic carbocycles. The summed E-state index contributed by atoms with van der Waals surface area (Å²) in [6, 6.07) is 16.3. The number of rotatable bonds is 5. The molecule has 1 amide bonds. The average molecular weight is 333 g/mol. The Morgan fingerprint density at radius 2 is 1.70 bits per heavy atom. The molecule has 2 aromatic rings. The third-order valence-corrected chi connectivity index (χ3v) is 3.82. The van der Waals surface area contributed by atoms with Crippen molar-refractivity contribution in [2.75, 3.05) is 20.6 Å². The fraction of sp³-hybridized carbons (Fsp3) is 0.316. The molecule has 1 N–H and O–H groups in total. The molecule has 0 aliphatic rings. The van der Waals surface area contributed by atoms with Crippen LogP contribution in [0.2, 0.25) is 0 Å². The van der Waals surface area contributed by atoms with Crippen LogP contribution in [0.3, 0.4) is 0 Å². The van der Waals surface area contributed by atoms with Crippen LogP contribution in [0.15, 0.2) is 48.5 Å². The van der Waals surface area contributed by atoms with Crippen LogP contribution in [0.25, 0.3) is 0 Å². The third-order valence-electron chi connectivity index (χ3n) is 3.82. The van der Waals surface area contributed by atoms with Crippen LogP contribution in [0.1, 0.15) is 33.1 Å². The van der Waals surface area contributed by atoms with Gasteiger partial charge in [-0.05, 0) is 45.6 Å². The number of likely N-dealkylation sites (N-methyl/N-ethyl adjacent to an activating group) is 1. The highest BCUT2D eigenvalue weighted by molar-refractivity contribution is 5.94. The Morgan fingerprint density at radius 1 is 1.04 bits per heavy atom. The van der Waals surface area contributed by atoms with Crippen molar-refractivity contribution in [2.45, 2.75) is 19.9 Å². The molecule has 0 saturated heterocycles. The lowest BCUT2D eigenvalue weighted by Crippen LogP contribution is -2.34. The summed E-state index contributed by atoms with van der Waals surface area (Å²) in [5, 5.41) is 3.04. The molecule has 4 heteroatoms. The first-order valence-electron chi connectivity index (χ1n) is 7.55. The van der Waals surface area contributed by atoms with Gasteiger partial charge < -0.3 is 10.2 Å². The highest BCUT2D eigenvalue weighted by Crippen LogP contribution is 2.18. The molecule has 0 aliphatic heterocycles. The number of halogens is 1. The molecule has 23 heavy (non-hydrogen) atoms. The van der Waals surface area contributed by atoms with E-state index in [0.29, 0.717) is 12.1 Å². The van der Waals surface area contributed by atoms with E-state index in [-0.39, 0.29) is 24.4 Å². The van der Waals surface area contributed by atoms with Crippen molar-refractivity contribution in [3.63, 3.8) is 0 Å². The zero-order valence-electron chi connectivity index (χ0n) is 14.2. The first kappa shape index (κ1) is 19.2. The Bertz CT molecular complexity index is 638. The van der Waals surface area contributed by atoms with Gasteiger partial charge in [0.1, 0.15) is 0 Å². The first-order chi connectivity index (χ1) is 10.5. The smallest absolute Gasteiger partial charge is 0.251 e. The fourth-order valence-electron chi connectivity index (χ4n) is 2.46. The first-order valence-corrected chi connectivity index (χ1v) is 7.55. The van der Waals surface area contributed by atoms with Gasteiger partial charge in [-0.3, -0.25) is 4.79 Å². The number of aryl methyl sites for hydroxylation is 2. The maximum atomic E-state index is 12.3. The van der Waals surface area contributed by atoms with Crippen molar-refractivity contribution < 1.29 is 4.79 Å². The summed E-state index contributed by atoms with van der Waals surface area (Å²) < 4.78 is 0. The number of nitrogens with one attached hydrogen (secondary N) is 1. The third kappa shape index (κ3) is 5.38. The van der Waals surface area contributed by atoms with Crippen molar-refractivity contribution in [1.82, 2.24) is 10.2 Å². The van der Waals surface area contributed by atoms with E-state index in [1.54, 1.807) is 0 Å². The summed E-state index contributed by atoms with van der Waals surface area (Å²) in [5.41, 5.74) is 4.25. The van der Waals surface area contributed by atoms with Gasteiger partial charge in [-0.1, -0.05) is 47.5 Å². The lowest BCUT2D eigenvalue weighted by Gasteiger charge is -2.25.